The van der Waals surface area contributed by atoms with E-state index in [0.29, 0.717) is 48.3 Å². The predicted octanol–water partition coefficient (Wildman–Crippen LogP) is 2.11. The molecule has 10 rings (SSSR count). The van der Waals surface area contributed by atoms with Gasteiger partial charge in [0.25, 0.3) is 0 Å². The third kappa shape index (κ3) is 8.41. The van der Waals surface area contributed by atoms with Crippen molar-refractivity contribution in [1.29, 1.82) is 0 Å². The topological polar surface area (TPSA) is 255 Å². The van der Waals surface area contributed by atoms with Crippen LogP contribution in [0.4, 0.5) is 0 Å². The standard InChI is InChI=1S/C50H73NO17/c1-23-8-15-50(61-21-23)24(2)35-32(68-50)19-31-29-7-6-27-18-28(9-13-48(27,4)30(29)10-14-49(31,35)5)63-47-43(67-45-40(57)38(55)36(53)25(3)62-45)41(58)42(33(20-52)64-47)66-46-39(56)37(54)34(65-46)22-60-44(59)26-11-16-51-17-12-26/h6,11-12,16-17,23-25,28-43,45-47,52-58H,7-10,13-15,18-22H2,1-5H3/t23-,24+,25+,28+,29?,30?,31?,32?,33-,34?,35?,36+,37+,38-,39-,40-,41+,42-,43-,45+,46+,47-,48+,49+,50-/m1/s1. The number of hydrogen-bond donors (Lipinski definition) is 7. The van der Waals surface area contributed by atoms with Crippen molar-refractivity contribution in [3.63, 3.8) is 0 Å². The number of esters is 1. The summed E-state index contributed by atoms with van der Waals surface area (Å²) in [6, 6.07) is 2.92. The summed E-state index contributed by atoms with van der Waals surface area (Å²) in [6.07, 6.45) is -6.89. The summed E-state index contributed by atoms with van der Waals surface area (Å²) < 4.78 is 55.9. The third-order valence-electron chi connectivity index (χ3n) is 18.5. The van der Waals surface area contributed by atoms with Crippen LogP contribution in [0.15, 0.2) is 36.2 Å². The highest BCUT2D eigenvalue weighted by Gasteiger charge is 2.69. The molecule has 0 aromatic carbocycles. The molecule has 18 nitrogen and oxygen atoms in total. The van der Waals surface area contributed by atoms with Gasteiger partial charge < -0.3 is 78.4 Å². The van der Waals surface area contributed by atoms with E-state index in [2.05, 4.69) is 38.8 Å². The van der Waals surface area contributed by atoms with E-state index < -0.39 is 111 Å². The Balaban J connectivity index is 0.833. The molecule has 1 aromatic rings. The fourth-order valence-electron chi connectivity index (χ4n) is 14.5. The van der Waals surface area contributed by atoms with Crippen LogP contribution in [0.3, 0.4) is 0 Å². The Hall–Kier alpha value is -2.24. The van der Waals surface area contributed by atoms with E-state index in [1.807, 2.05) is 0 Å². The van der Waals surface area contributed by atoms with Gasteiger partial charge in [-0.25, -0.2) is 4.79 Å². The number of aliphatic hydroxyl groups is 7. The molecule has 5 saturated heterocycles. The number of aromatic nitrogens is 1. The van der Waals surface area contributed by atoms with Gasteiger partial charge in [0.15, 0.2) is 24.7 Å². The van der Waals surface area contributed by atoms with Crippen LogP contribution in [0, 0.1) is 46.3 Å². The Labute approximate surface area is 397 Å². The van der Waals surface area contributed by atoms with Crippen molar-refractivity contribution in [2.45, 2.75) is 196 Å². The van der Waals surface area contributed by atoms with Gasteiger partial charge in [-0.1, -0.05) is 39.3 Å². The molecule has 1 spiro atoms. The number of fused-ring (bicyclic) bond motifs is 7. The molecule has 3 saturated carbocycles. The molecule has 5 aliphatic heterocycles. The second kappa shape index (κ2) is 19.0. The van der Waals surface area contributed by atoms with E-state index in [9.17, 15) is 40.5 Å². The Bertz CT molecular complexity index is 1970. The largest absolute Gasteiger partial charge is 0.459 e. The molecule has 18 heteroatoms. The van der Waals surface area contributed by atoms with E-state index in [1.54, 1.807) is 0 Å². The van der Waals surface area contributed by atoms with E-state index in [4.69, 9.17) is 42.6 Å². The second-order valence-corrected chi connectivity index (χ2v) is 22.2. The number of hydrogen-bond acceptors (Lipinski definition) is 18. The molecule has 4 aliphatic carbocycles. The number of aliphatic hydroxyl groups excluding tert-OH is 7. The van der Waals surface area contributed by atoms with Crippen molar-refractivity contribution in [2.24, 2.45) is 46.3 Å². The average molecular weight is 960 g/mol. The Kier molecular flexibility index (Phi) is 13.8. The van der Waals surface area contributed by atoms with Crippen molar-refractivity contribution in [2.75, 3.05) is 19.8 Å². The maximum Gasteiger partial charge on any atom is 0.338 e. The summed E-state index contributed by atoms with van der Waals surface area (Å²) in [5.74, 6) is 1.84. The molecule has 0 amide bonds. The molecule has 8 fully saturated rings. The summed E-state index contributed by atoms with van der Waals surface area (Å²) in [5.41, 5.74) is 1.70. The first-order valence-corrected chi connectivity index (χ1v) is 25.2. The van der Waals surface area contributed by atoms with Gasteiger partial charge in [-0.3, -0.25) is 4.98 Å². The van der Waals surface area contributed by atoms with Crippen LogP contribution in [0.25, 0.3) is 0 Å². The lowest BCUT2D eigenvalue weighted by Crippen LogP contribution is -2.65. The highest BCUT2D eigenvalue weighted by atomic mass is 16.8. The van der Waals surface area contributed by atoms with Gasteiger partial charge in [0.05, 0.1) is 37.1 Å². The minimum atomic E-state index is -1.73. The van der Waals surface area contributed by atoms with Crippen molar-refractivity contribution in [3.8, 4) is 0 Å². The van der Waals surface area contributed by atoms with E-state index in [0.717, 1.165) is 51.6 Å². The molecule has 6 heterocycles. The van der Waals surface area contributed by atoms with Crippen LogP contribution in [-0.2, 0) is 42.6 Å². The molecule has 0 bridgehead atoms. The first-order valence-electron chi connectivity index (χ1n) is 25.2. The Morgan fingerprint density at radius 3 is 2.24 bits per heavy atom. The first-order chi connectivity index (χ1) is 32.5. The van der Waals surface area contributed by atoms with Gasteiger partial charge >= 0.3 is 5.97 Å². The first kappa shape index (κ1) is 49.3. The molecule has 6 unspecified atom stereocenters. The zero-order chi connectivity index (χ0) is 48.0. The monoisotopic (exact) mass is 959 g/mol. The van der Waals surface area contributed by atoms with Crippen molar-refractivity contribution >= 4 is 5.97 Å². The van der Waals surface area contributed by atoms with Gasteiger partial charge in [-0.05, 0) is 111 Å². The van der Waals surface area contributed by atoms with Gasteiger partial charge in [-0.15, -0.1) is 0 Å². The Morgan fingerprint density at radius 1 is 0.779 bits per heavy atom. The molecular weight excluding hydrogens is 887 g/mol. The predicted molar refractivity (Wildman–Crippen MR) is 236 cm³/mol. The zero-order valence-electron chi connectivity index (χ0n) is 39.7. The van der Waals surface area contributed by atoms with Gasteiger partial charge in [-0.2, -0.15) is 0 Å². The van der Waals surface area contributed by atoms with Gasteiger partial charge in [0.2, 0.25) is 0 Å². The molecule has 68 heavy (non-hydrogen) atoms. The van der Waals surface area contributed by atoms with Crippen LogP contribution in [-0.4, -0.2) is 171 Å². The minimum Gasteiger partial charge on any atom is -0.459 e. The summed E-state index contributed by atoms with van der Waals surface area (Å²) in [7, 11) is 0. The number of rotatable bonds is 10. The number of carbonyl (C=O) groups is 1. The number of pyridine rings is 1. The van der Waals surface area contributed by atoms with Gasteiger partial charge in [0.1, 0.15) is 67.6 Å². The molecule has 380 valence electrons. The van der Waals surface area contributed by atoms with Crippen LogP contribution >= 0.6 is 0 Å². The highest BCUT2D eigenvalue weighted by Crippen LogP contribution is 2.70. The fraction of sp³-hybridized carbons (Fsp3) is 0.840. The average Bonchev–Trinajstić information content (AvgIpc) is 3.89. The number of allylic oxidation sites excluding steroid dienone is 1. The molecule has 0 radical (unpaired) electrons. The zero-order valence-corrected chi connectivity index (χ0v) is 39.7. The van der Waals surface area contributed by atoms with Crippen LogP contribution in [0.2, 0.25) is 0 Å². The van der Waals surface area contributed by atoms with Crippen LogP contribution in [0.1, 0.15) is 103 Å². The maximum absolute atomic E-state index is 12.6. The summed E-state index contributed by atoms with van der Waals surface area (Å²) in [4.78, 5) is 16.5. The van der Waals surface area contributed by atoms with Crippen molar-refractivity contribution < 1.29 is 83.2 Å². The van der Waals surface area contributed by atoms with E-state index in [1.165, 1.54) is 37.0 Å². The van der Waals surface area contributed by atoms with Gasteiger partial charge in [0, 0.05) is 24.7 Å². The van der Waals surface area contributed by atoms with Crippen molar-refractivity contribution in [1.82, 2.24) is 4.98 Å². The maximum atomic E-state index is 12.6. The molecular formula is C50H73NO17. The molecule has 9 aliphatic rings. The number of ether oxygens (including phenoxy) is 9. The highest BCUT2D eigenvalue weighted by molar-refractivity contribution is 5.89. The molecule has 25 atom stereocenters. The summed E-state index contributed by atoms with van der Waals surface area (Å²) in [6.45, 7) is 10.7. The fourth-order valence-corrected chi connectivity index (χ4v) is 14.5. The quantitative estimate of drug-likeness (QED) is 0.131. The summed E-state index contributed by atoms with van der Waals surface area (Å²) in [5, 5.41) is 76.9. The minimum absolute atomic E-state index is 0.0391. The second-order valence-electron chi connectivity index (χ2n) is 22.2. The SMILES string of the molecule is C[C@@H]1CC[C@@]2(OC1)OC1CC3C4CC=C5C[C@@H](O[C@@H]6O[C@H](CO)[C@@H](O[C@@H]7OC(COC(=O)c8ccncc8)[C@H](O)[C@H]7O)[C@H](O)[C@H]6O[C@@H]6O[C@@H](C)[C@H](O)[C@@H](O)[C@H]6O)CC[C@]5(C)C4CC[C@]3(C)C1[C@@H]2C. The van der Waals surface area contributed by atoms with E-state index >= 15 is 0 Å². The lowest BCUT2D eigenvalue weighted by Gasteiger charge is -2.58. The summed E-state index contributed by atoms with van der Waals surface area (Å²) >= 11 is 0. The van der Waals surface area contributed by atoms with Crippen LogP contribution < -0.4 is 0 Å². The van der Waals surface area contributed by atoms with E-state index in [-0.39, 0.29) is 28.6 Å². The van der Waals surface area contributed by atoms with Crippen LogP contribution in [0.5, 0.6) is 0 Å². The number of nitrogens with zero attached hydrogens (tertiary/aromatic N) is 1. The lowest BCUT2D eigenvalue weighted by atomic mass is 9.47. The lowest BCUT2D eigenvalue weighted by molar-refractivity contribution is -0.380. The third-order valence-corrected chi connectivity index (χ3v) is 18.5. The Morgan fingerprint density at radius 2 is 1.50 bits per heavy atom. The molecule has 7 N–H and O–H groups in total. The van der Waals surface area contributed by atoms with Crippen molar-refractivity contribution in [3.05, 3.63) is 41.7 Å². The molecule has 1 aromatic heterocycles. The number of carbonyl (C=O) groups excluding carboxylic acids is 1. The smallest absolute Gasteiger partial charge is 0.338 e. The normalized spacial score (nSPS) is 52.1.